The van der Waals surface area contributed by atoms with Gasteiger partial charge in [0.25, 0.3) is 5.69 Å². The number of halogens is 1. The summed E-state index contributed by atoms with van der Waals surface area (Å²) in [6.07, 6.45) is 0.0197. The molecular weight excluding hydrogens is 282 g/mol. The molecule has 0 bridgehead atoms. The third kappa shape index (κ3) is 3.74. The monoisotopic (exact) mass is 293 g/mol. The fourth-order valence-electron chi connectivity index (χ4n) is 1.45. The number of nitro benzene ring substituents is 2. The Morgan fingerprint density at radius 1 is 1.26 bits per heavy atom. The van der Waals surface area contributed by atoms with Crippen molar-refractivity contribution < 1.29 is 20.1 Å². The summed E-state index contributed by atoms with van der Waals surface area (Å²) in [6, 6.07) is 0.696. The Hall–Kier alpha value is -1.97. The topological polar surface area (TPSA) is 153 Å². The summed E-state index contributed by atoms with van der Waals surface area (Å²) < 4.78 is 0. The van der Waals surface area contributed by atoms with Gasteiger partial charge in [0, 0.05) is 24.3 Å². The smallest absolute Gasteiger partial charge is 0.317 e. The first-order valence-corrected chi connectivity index (χ1v) is 4.90. The predicted molar refractivity (Wildman–Crippen MR) is 67.3 cm³/mol. The molecule has 0 aliphatic rings. The molecule has 0 heterocycles. The number of phenols is 1. The van der Waals surface area contributed by atoms with Gasteiger partial charge < -0.3 is 15.9 Å². The van der Waals surface area contributed by atoms with Crippen LogP contribution in [0.1, 0.15) is 18.0 Å². The standard InChI is InChI=1S/C9H11N3O6.ClH/c10-7(1-2-13)6-3-5(11(15)16)4-8(9(6)14)12(17)18;/h3-4,7,13-14H,1-2,10H2;1H. The summed E-state index contributed by atoms with van der Waals surface area (Å²) in [5, 5.41) is 39.6. The lowest BCUT2D eigenvalue weighted by atomic mass is 10.0. The zero-order chi connectivity index (χ0) is 13.9. The number of phenolic OH excluding ortho intramolecular Hbond substituents is 1. The summed E-state index contributed by atoms with van der Waals surface area (Å²) in [4.78, 5) is 19.5. The van der Waals surface area contributed by atoms with E-state index in [1.807, 2.05) is 0 Å². The Labute approximate surface area is 113 Å². The number of non-ortho nitro benzene ring substituents is 1. The van der Waals surface area contributed by atoms with Crippen LogP contribution in [0, 0.1) is 20.2 Å². The van der Waals surface area contributed by atoms with Gasteiger partial charge in [0.15, 0.2) is 5.75 Å². The third-order valence-corrected chi connectivity index (χ3v) is 2.35. The number of hydrogen-bond donors (Lipinski definition) is 3. The minimum Gasteiger partial charge on any atom is -0.502 e. The SMILES string of the molecule is Cl.NC(CCO)c1cc([N+](=O)[O-])cc([N+](=O)[O-])c1O. The largest absolute Gasteiger partial charge is 0.502 e. The zero-order valence-electron chi connectivity index (χ0n) is 9.55. The number of aliphatic hydroxyl groups is 1. The maximum absolute atomic E-state index is 10.7. The van der Waals surface area contributed by atoms with Crippen molar-refractivity contribution >= 4 is 23.8 Å². The Kier molecular flexibility index (Phi) is 6.12. The Balaban J connectivity index is 0.00000324. The number of aromatic hydroxyl groups is 1. The second-order valence-electron chi connectivity index (χ2n) is 3.54. The van der Waals surface area contributed by atoms with E-state index in [2.05, 4.69) is 0 Å². The van der Waals surface area contributed by atoms with Crippen molar-refractivity contribution in [2.45, 2.75) is 12.5 Å². The second kappa shape index (κ2) is 6.83. The molecule has 1 unspecified atom stereocenters. The van der Waals surface area contributed by atoms with Crippen LogP contribution in [0.4, 0.5) is 11.4 Å². The molecule has 0 spiro atoms. The van der Waals surface area contributed by atoms with E-state index in [0.717, 1.165) is 6.07 Å². The van der Waals surface area contributed by atoms with Crippen LogP contribution in [0.15, 0.2) is 12.1 Å². The molecule has 0 aliphatic heterocycles. The average Bonchev–Trinajstić information content (AvgIpc) is 2.28. The van der Waals surface area contributed by atoms with Crippen LogP contribution in [0.5, 0.6) is 5.75 Å². The molecule has 9 nitrogen and oxygen atoms in total. The summed E-state index contributed by atoms with van der Waals surface area (Å²) in [7, 11) is 0. The van der Waals surface area contributed by atoms with E-state index < -0.39 is 33.0 Å². The molecule has 1 rings (SSSR count). The van der Waals surface area contributed by atoms with Gasteiger partial charge >= 0.3 is 5.69 Å². The molecule has 0 saturated heterocycles. The first-order valence-electron chi connectivity index (χ1n) is 4.90. The number of hydrogen-bond acceptors (Lipinski definition) is 7. The van der Waals surface area contributed by atoms with Gasteiger partial charge in [-0.25, -0.2) is 0 Å². The molecule has 1 aromatic carbocycles. The van der Waals surface area contributed by atoms with Crippen molar-refractivity contribution in [2.75, 3.05) is 6.61 Å². The lowest BCUT2D eigenvalue weighted by molar-refractivity contribution is -0.394. The number of nitrogens with zero attached hydrogens (tertiary/aromatic N) is 2. The zero-order valence-corrected chi connectivity index (χ0v) is 10.4. The van der Waals surface area contributed by atoms with Gasteiger partial charge in [-0.15, -0.1) is 12.4 Å². The van der Waals surface area contributed by atoms with Crippen molar-refractivity contribution in [1.82, 2.24) is 0 Å². The number of nitro groups is 2. The van der Waals surface area contributed by atoms with Crippen molar-refractivity contribution in [2.24, 2.45) is 5.73 Å². The normalized spacial score (nSPS) is 11.5. The third-order valence-electron chi connectivity index (χ3n) is 2.35. The fraction of sp³-hybridized carbons (Fsp3) is 0.333. The molecule has 106 valence electrons. The van der Waals surface area contributed by atoms with Crippen molar-refractivity contribution in [1.29, 1.82) is 0 Å². The maximum atomic E-state index is 10.7. The molecule has 19 heavy (non-hydrogen) atoms. The number of nitrogens with two attached hydrogens (primary N) is 1. The van der Waals surface area contributed by atoms with E-state index in [9.17, 15) is 25.3 Å². The minimum atomic E-state index is -0.933. The number of aliphatic hydroxyl groups excluding tert-OH is 1. The van der Waals surface area contributed by atoms with Gasteiger partial charge in [-0.05, 0) is 6.42 Å². The van der Waals surface area contributed by atoms with Gasteiger partial charge in [0.1, 0.15) is 0 Å². The van der Waals surface area contributed by atoms with Crippen molar-refractivity contribution in [3.05, 3.63) is 37.9 Å². The maximum Gasteiger partial charge on any atom is 0.317 e. The minimum absolute atomic E-state index is 0. The summed E-state index contributed by atoms with van der Waals surface area (Å²) in [5.41, 5.74) is 4.12. The molecular formula is C9H12ClN3O6. The molecule has 1 atom stereocenters. The Morgan fingerprint density at radius 3 is 2.26 bits per heavy atom. The molecule has 1 aromatic rings. The van der Waals surface area contributed by atoms with Gasteiger partial charge in [-0.3, -0.25) is 20.2 Å². The quantitative estimate of drug-likeness (QED) is 0.540. The summed E-state index contributed by atoms with van der Waals surface area (Å²) >= 11 is 0. The van der Waals surface area contributed by atoms with Gasteiger partial charge in [-0.1, -0.05) is 0 Å². The van der Waals surface area contributed by atoms with E-state index in [1.165, 1.54) is 0 Å². The lowest BCUT2D eigenvalue weighted by Gasteiger charge is -2.11. The van der Waals surface area contributed by atoms with Gasteiger partial charge in [0.05, 0.1) is 15.9 Å². The first-order chi connectivity index (χ1) is 8.38. The van der Waals surface area contributed by atoms with E-state index in [-0.39, 0.29) is 31.0 Å². The summed E-state index contributed by atoms with van der Waals surface area (Å²) in [5.74, 6) is -0.716. The first kappa shape index (κ1) is 17.0. The molecule has 10 heteroatoms. The van der Waals surface area contributed by atoms with Crippen LogP contribution in [-0.4, -0.2) is 26.7 Å². The Morgan fingerprint density at radius 2 is 1.84 bits per heavy atom. The fourth-order valence-corrected chi connectivity index (χ4v) is 1.45. The van der Waals surface area contributed by atoms with Crippen molar-refractivity contribution in [3.63, 3.8) is 0 Å². The highest BCUT2D eigenvalue weighted by atomic mass is 35.5. The van der Waals surface area contributed by atoms with Crippen LogP contribution in [0.2, 0.25) is 0 Å². The highest BCUT2D eigenvalue weighted by Gasteiger charge is 2.26. The molecule has 0 fully saturated rings. The molecule has 0 aromatic heterocycles. The van der Waals surface area contributed by atoms with Gasteiger partial charge in [-0.2, -0.15) is 0 Å². The van der Waals surface area contributed by atoms with E-state index in [0.29, 0.717) is 6.07 Å². The molecule has 0 radical (unpaired) electrons. The molecule has 0 aliphatic carbocycles. The molecule has 4 N–H and O–H groups in total. The highest BCUT2D eigenvalue weighted by Crippen LogP contribution is 2.37. The van der Waals surface area contributed by atoms with E-state index in [1.54, 1.807) is 0 Å². The molecule has 0 amide bonds. The van der Waals surface area contributed by atoms with E-state index >= 15 is 0 Å². The van der Waals surface area contributed by atoms with Crippen LogP contribution in [0.25, 0.3) is 0 Å². The van der Waals surface area contributed by atoms with Crippen LogP contribution < -0.4 is 5.73 Å². The van der Waals surface area contributed by atoms with E-state index in [4.69, 9.17) is 10.8 Å². The Bertz CT molecular complexity index is 495. The summed E-state index contributed by atoms with van der Waals surface area (Å²) in [6.45, 7) is -0.308. The lowest BCUT2D eigenvalue weighted by Crippen LogP contribution is -2.13. The van der Waals surface area contributed by atoms with Crippen LogP contribution in [0.3, 0.4) is 0 Å². The van der Waals surface area contributed by atoms with Crippen LogP contribution in [-0.2, 0) is 0 Å². The van der Waals surface area contributed by atoms with Gasteiger partial charge in [0.2, 0.25) is 0 Å². The van der Waals surface area contributed by atoms with Crippen molar-refractivity contribution in [3.8, 4) is 5.75 Å². The average molecular weight is 294 g/mol. The highest BCUT2D eigenvalue weighted by molar-refractivity contribution is 5.85. The number of rotatable bonds is 5. The second-order valence-corrected chi connectivity index (χ2v) is 3.54. The van der Waals surface area contributed by atoms with Crippen LogP contribution >= 0.6 is 12.4 Å². The molecule has 0 saturated carbocycles. The predicted octanol–water partition coefficient (Wildman–Crippen LogP) is 1.01. The number of benzene rings is 1.